The molecule has 0 unspecified atom stereocenters. The van der Waals surface area contributed by atoms with E-state index in [-0.39, 0.29) is 24.1 Å². The van der Waals surface area contributed by atoms with E-state index in [0.717, 1.165) is 0 Å². The number of nitrogens with zero attached hydrogens (tertiary/aromatic N) is 3. The highest BCUT2D eigenvalue weighted by molar-refractivity contribution is 5.78. The summed E-state index contributed by atoms with van der Waals surface area (Å²) in [5, 5.41) is 17.6. The van der Waals surface area contributed by atoms with E-state index in [1.54, 1.807) is 42.5 Å². The van der Waals surface area contributed by atoms with E-state index in [1.807, 2.05) is 0 Å². The highest BCUT2D eigenvalue weighted by Crippen LogP contribution is 2.38. The molecule has 0 atom stereocenters. The number of para-hydroxylation sites is 2. The maximum atomic E-state index is 11.7. The van der Waals surface area contributed by atoms with Crippen molar-refractivity contribution >= 4 is 28.7 Å². The molecule has 1 aliphatic heterocycles. The molecule has 2 heterocycles. The van der Waals surface area contributed by atoms with E-state index in [4.69, 9.17) is 14.2 Å². The molecular weight excluding hydrogens is 366 g/mol. The number of ether oxygens (including phenoxy) is 3. The Bertz CT molecular complexity index is 1040. The number of benzene rings is 2. The lowest BCUT2D eigenvalue weighted by Gasteiger charge is -2.12. The molecule has 1 aromatic heterocycles. The molecule has 0 saturated heterocycles. The summed E-state index contributed by atoms with van der Waals surface area (Å²) < 4.78 is 15.9. The van der Waals surface area contributed by atoms with Gasteiger partial charge in [-0.1, -0.05) is 12.1 Å². The van der Waals surface area contributed by atoms with Crippen molar-refractivity contribution in [1.82, 2.24) is 9.97 Å². The molecule has 4 rings (SSSR count). The Morgan fingerprint density at radius 3 is 2.61 bits per heavy atom. The smallest absolute Gasteiger partial charge is 0.353 e. The first-order chi connectivity index (χ1) is 13.7. The molecule has 0 amide bonds. The molecule has 3 aromatic rings. The number of nitrogens with one attached hydrogen (secondary N) is 2. The molecule has 10 nitrogen and oxygen atoms in total. The van der Waals surface area contributed by atoms with Gasteiger partial charge >= 0.3 is 5.69 Å². The van der Waals surface area contributed by atoms with Crippen LogP contribution in [0.25, 0.3) is 0 Å². The first-order valence-electron chi connectivity index (χ1n) is 8.22. The first-order valence-corrected chi connectivity index (χ1v) is 8.22. The van der Waals surface area contributed by atoms with Crippen LogP contribution in [0.3, 0.4) is 0 Å². The van der Waals surface area contributed by atoms with Crippen LogP contribution in [0, 0.1) is 10.1 Å². The summed E-state index contributed by atoms with van der Waals surface area (Å²) in [5.74, 6) is 1.76. The van der Waals surface area contributed by atoms with Gasteiger partial charge in [-0.25, -0.2) is 9.97 Å². The number of rotatable bonds is 6. The first kappa shape index (κ1) is 17.3. The Hall–Kier alpha value is -4.08. The molecule has 0 saturated carbocycles. The Morgan fingerprint density at radius 2 is 1.82 bits per heavy atom. The fourth-order valence-corrected chi connectivity index (χ4v) is 2.72. The van der Waals surface area contributed by atoms with E-state index in [2.05, 4.69) is 20.6 Å². The van der Waals surface area contributed by atoms with E-state index in [1.165, 1.54) is 13.4 Å². The molecule has 1 aliphatic rings. The van der Waals surface area contributed by atoms with Gasteiger partial charge in [0.25, 0.3) is 0 Å². The number of aromatic nitrogens is 2. The fraction of sp³-hybridized carbons (Fsp3) is 0.111. The summed E-state index contributed by atoms with van der Waals surface area (Å²) in [5.41, 5.74) is 0.807. The van der Waals surface area contributed by atoms with Gasteiger partial charge in [0.15, 0.2) is 11.5 Å². The number of fused-ring (bicyclic) bond motifs is 1. The van der Waals surface area contributed by atoms with Crippen molar-refractivity contribution in [3.63, 3.8) is 0 Å². The van der Waals surface area contributed by atoms with Crippen LogP contribution in [0.4, 0.5) is 28.7 Å². The molecule has 142 valence electrons. The number of hydrogen-bond acceptors (Lipinski definition) is 9. The van der Waals surface area contributed by atoms with Crippen LogP contribution >= 0.6 is 0 Å². The second kappa shape index (κ2) is 7.27. The van der Waals surface area contributed by atoms with Gasteiger partial charge in [-0.15, -0.1) is 0 Å². The largest absolute Gasteiger partial charge is 0.495 e. The van der Waals surface area contributed by atoms with E-state index in [0.29, 0.717) is 28.6 Å². The molecular formula is C18H15N5O5. The van der Waals surface area contributed by atoms with Crippen LogP contribution in [0.15, 0.2) is 48.8 Å². The van der Waals surface area contributed by atoms with Crippen LogP contribution in [0.2, 0.25) is 0 Å². The van der Waals surface area contributed by atoms with Gasteiger partial charge < -0.3 is 24.8 Å². The van der Waals surface area contributed by atoms with E-state index in [9.17, 15) is 10.1 Å². The summed E-state index contributed by atoms with van der Waals surface area (Å²) >= 11 is 0. The average molecular weight is 381 g/mol. The van der Waals surface area contributed by atoms with Crippen molar-refractivity contribution in [3.8, 4) is 17.2 Å². The Labute approximate surface area is 159 Å². The minimum absolute atomic E-state index is 0.0349. The average Bonchev–Trinajstić information content (AvgIpc) is 3.16. The van der Waals surface area contributed by atoms with Gasteiger partial charge in [0.2, 0.25) is 18.4 Å². The van der Waals surface area contributed by atoms with Crippen molar-refractivity contribution < 1.29 is 19.1 Å². The summed E-state index contributed by atoms with van der Waals surface area (Å²) in [7, 11) is 1.52. The second-order valence-electron chi connectivity index (χ2n) is 5.69. The zero-order chi connectivity index (χ0) is 19.5. The Kier molecular flexibility index (Phi) is 4.50. The minimum atomic E-state index is -0.549. The zero-order valence-electron chi connectivity index (χ0n) is 14.7. The van der Waals surface area contributed by atoms with Gasteiger partial charge in [0.05, 0.1) is 17.7 Å². The maximum absolute atomic E-state index is 11.7. The molecule has 2 aromatic carbocycles. The number of anilines is 4. The molecule has 0 fully saturated rings. The summed E-state index contributed by atoms with van der Waals surface area (Å²) in [6.45, 7) is 0.138. The van der Waals surface area contributed by atoms with Crippen molar-refractivity contribution in [2.75, 3.05) is 24.5 Å². The van der Waals surface area contributed by atoms with Gasteiger partial charge in [-0.2, -0.15) is 0 Å². The molecule has 28 heavy (non-hydrogen) atoms. The van der Waals surface area contributed by atoms with Crippen molar-refractivity contribution in [2.45, 2.75) is 0 Å². The zero-order valence-corrected chi connectivity index (χ0v) is 14.7. The molecule has 10 heteroatoms. The van der Waals surface area contributed by atoms with Crippen LogP contribution in [0.1, 0.15) is 0 Å². The monoisotopic (exact) mass is 381 g/mol. The third-order valence-electron chi connectivity index (χ3n) is 4.00. The SMILES string of the molecule is COc1ccccc1Nc1ncnc(Nc2ccc3c(c2)OCO3)c1[N+](=O)[O-]. The Balaban J connectivity index is 1.68. The molecule has 0 radical (unpaired) electrons. The summed E-state index contributed by atoms with van der Waals surface area (Å²) in [6, 6.07) is 12.2. The van der Waals surface area contributed by atoms with Gasteiger partial charge in [0, 0.05) is 11.8 Å². The van der Waals surface area contributed by atoms with Crippen LogP contribution in [-0.2, 0) is 0 Å². The van der Waals surface area contributed by atoms with Crippen molar-refractivity contribution in [2.24, 2.45) is 0 Å². The maximum Gasteiger partial charge on any atom is 0.353 e. The molecule has 0 spiro atoms. The third kappa shape index (κ3) is 3.30. The number of nitro groups is 1. The van der Waals surface area contributed by atoms with Crippen LogP contribution in [0.5, 0.6) is 17.2 Å². The predicted molar refractivity (Wildman–Crippen MR) is 101 cm³/mol. The van der Waals surface area contributed by atoms with Crippen LogP contribution in [-0.4, -0.2) is 28.8 Å². The lowest BCUT2D eigenvalue weighted by Crippen LogP contribution is -2.06. The van der Waals surface area contributed by atoms with Crippen molar-refractivity contribution in [1.29, 1.82) is 0 Å². The highest BCUT2D eigenvalue weighted by Gasteiger charge is 2.24. The van der Waals surface area contributed by atoms with E-state index >= 15 is 0 Å². The molecule has 0 bridgehead atoms. The lowest BCUT2D eigenvalue weighted by atomic mass is 10.2. The number of hydrogen-bond donors (Lipinski definition) is 2. The van der Waals surface area contributed by atoms with E-state index < -0.39 is 4.92 Å². The Morgan fingerprint density at radius 1 is 1.07 bits per heavy atom. The van der Waals surface area contributed by atoms with Gasteiger partial charge in [0.1, 0.15) is 12.1 Å². The topological polar surface area (TPSA) is 121 Å². The summed E-state index contributed by atoms with van der Waals surface area (Å²) in [6.07, 6.45) is 1.24. The summed E-state index contributed by atoms with van der Waals surface area (Å²) in [4.78, 5) is 19.2. The van der Waals surface area contributed by atoms with Gasteiger partial charge in [-0.05, 0) is 24.3 Å². The minimum Gasteiger partial charge on any atom is -0.495 e. The van der Waals surface area contributed by atoms with Gasteiger partial charge in [-0.3, -0.25) is 10.1 Å². The second-order valence-corrected chi connectivity index (χ2v) is 5.69. The predicted octanol–water partition coefficient (Wildman–Crippen LogP) is 3.61. The molecule has 2 N–H and O–H groups in total. The quantitative estimate of drug-likeness (QED) is 0.487. The normalized spacial score (nSPS) is 11.8. The lowest BCUT2D eigenvalue weighted by molar-refractivity contribution is -0.383. The third-order valence-corrected chi connectivity index (χ3v) is 4.00. The van der Waals surface area contributed by atoms with Crippen LogP contribution < -0.4 is 24.8 Å². The highest BCUT2D eigenvalue weighted by atomic mass is 16.7. The molecule has 0 aliphatic carbocycles. The number of methoxy groups -OCH3 is 1. The van der Waals surface area contributed by atoms with Crippen molar-refractivity contribution in [3.05, 3.63) is 58.9 Å². The fourth-order valence-electron chi connectivity index (χ4n) is 2.72. The standard InChI is InChI=1S/C18H15N5O5/c1-26-13-5-3-2-4-12(13)22-18-16(23(24)25)17(19-9-20-18)21-11-6-7-14-15(8-11)28-10-27-14/h2-9H,10H2,1H3,(H2,19,20,21,22).